The van der Waals surface area contributed by atoms with E-state index in [0.29, 0.717) is 12.6 Å². The topological polar surface area (TPSA) is 34.2 Å². The predicted octanol–water partition coefficient (Wildman–Crippen LogP) is 4.06. The monoisotopic (exact) mass is 299 g/mol. The summed E-state index contributed by atoms with van der Waals surface area (Å²) in [6, 6.07) is 7.05. The number of hydrogen-bond acceptors (Lipinski definition) is 2. The molecule has 1 aromatic carbocycles. The highest BCUT2D eigenvalue weighted by molar-refractivity contribution is 5.87. The van der Waals surface area contributed by atoms with E-state index in [-0.39, 0.29) is 0 Å². The lowest BCUT2D eigenvalue weighted by atomic mass is 10.1. The van der Waals surface area contributed by atoms with Gasteiger partial charge in [-0.3, -0.25) is 4.90 Å². The van der Waals surface area contributed by atoms with Gasteiger partial charge in [0.2, 0.25) is 0 Å². The Hall–Kier alpha value is -1.32. The fraction of sp³-hybridized carbons (Fsp3) is 0.579. The highest BCUT2D eigenvalue weighted by Gasteiger charge is 2.16. The van der Waals surface area contributed by atoms with Crippen molar-refractivity contribution in [1.29, 1.82) is 0 Å². The maximum Gasteiger partial charge on any atom is 0.0531 e. The van der Waals surface area contributed by atoms with Crippen molar-refractivity contribution in [2.75, 3.05) is 13.1 Å². The molecule has 0 aliphatic carbocycles. The third-order valence-electron chi connectivity index (χ3n) is 4.89. The average Bonchev–Trinajstić information content (AvgIpc) is 2.70. The van der Waals surface area contributed by atoms with Crippen LogP contribution in [0.25, 0.3) is 10.9 Å². The molecule has 22 heavy (non-hydrogen) atoms. The first kappa shape index (κ1) is 15.6. The molecule has 120 valence electrons. The lowest BCUT2D eigenvalue weighted by Gasteiger charge is -2.19. The molecule has 0 radical (unpaired) electrons. The van der Waals surface area contributed by atoms with Gasteiger partial charge in [-0.1, -0.05) is 31.0 Å². The van der Waals surface area contributed by atoms with Gasteiger partial charge >= 0.3 is 0 Å². The molecule has 1 aliphatic rings. The molecule has 1 saturated heterocycles. The zero-order valence-electron chi connectivity index (χ0n) is 14.0. The largest absolute Gasteiger partial charge is 0.344 e. The number of benzene rings is 1. The quantitative estimate of drug-likeness (QED) is 0.924. The second-order valence-corrected chi connectivity index (χ2v) is 6.86. The number of para-hydroxylation sites is 1. The van der Waals surface area contributed by atoms with Crippen LogP contribution >= 0.6 is 0 Å². The van der Waals surface area contributed by atoms with E-state index in [9.17, 15) is 0 Å². The first-order valence-electron chi connectivity index (χ1n) is 8.74. The summed E-state index contributed by atoms with van der Waals surface area (Å²) in [5, 5.41) is 1.39. The minimum absolute atomic E-state index is 0.466. The number of nitrogens with two attached hydrogens (primary N) is 1. The summed E-state index contributed by atoms with van der Waals surface area (Å²) in [6.45, 7) is 8.67. The van der Waals surface area contributed by atoms with E-state index in [1.165, 1.54) is 60.8 Å². The van der Waals surface area contributed by atoms with Crippen LogP contribution in [0.5, 0.6) is 0 Å². The summed E-state index contributed by atoms with van der Waals surface area (Å²) in [5.74, 6) is 0. The van der Waals surface area contributed by atoms with Crippen molar-refractivity contribution in [2.45, 2.75) is 58.7 Å². The fourth-order valence-electron chi connectivity index (χ4n) is 3.69. The molecule has 1 aliphatic heterocycles. The maximum atomic E-state index is 5.98. The van der Waals surface area contributed by atoms with Crippen molar-refractivity contribution in [1.82, 2.24) is 9.47 Å². The van der Waals surface area contributed by atoms with Crippen molar-refractivity contribution in [2.24, 2.45) is 5.73 Å². The van der Waals surface area contributed by atoms with E-state index in [1.807, 2.05) is 0 Å². The summed E-state index contributed by atoms with van der Waals surface area (Å²) >= 11 is 0. The number of fused-ring (bicyclic) bond motifs is 1. The van der Waals surface area contributed by atoms with E-state index in [2.05, 4.69) is 47.7 Å². The Balaban J connectivity index is 1.98. The lowest BCUT2D eigenvalue weighted by molar-refractivity contribution is 0.277. The van der Waals surface area contributed by atoms with E-state index >= 15 is 0 Å². The first-order chi connectivity index (χ1) is 10.7. The average molecular weight is 299 g/mol. The van der Waals surface area contributed by atoms with Gasteiger partial charge in [0.25, 0.3) is 0 Å². The van der Waals surface area contributed by atoms with Crippen molar-refractivity contribution in [3.63, 3.8) is 0 Å². The lowest BCUT2D eigenvalue weighted by Crippen LogP contribution is -2.23. The minimum atomic E-state index is 0.466. The Morgan fingerprint density at radius 3 is 2.41 bits per heavy atom. The number of aromatic nitrogens is 1. The molecule has 0 spiro atoms. The molecular weight excluding hydrogens is 270 g/mol. The Kier molecular flexibility index (Phi) is 4.84. The van der Waals surface area contributed by atoms with Crippen LogP contribution in [0.15, 0.2) is 24.4 Å². The highest BCUT2D eigenvalue weighted by atomic mass is 15.1. The number of rotatable bonds is 4. The van der Waals surface area contributed by atoms with Crippen molar-refractivity contribution >= 4 is 10.9 Å². The summed E-state index contributed by atoms with van der Waals surface area (Å²) in [5.41, 5.74) is 10.0. The van der Waals surface area contributed by atoms with Crippen LogP contribution in [-0.2, 0) is 13.1 Å². The van der Waals surface area contributed by atoms with Gasteiger partial charge in [-0.05, 0) is 50.9 Å². The molecule has 3 nitrogen and oxygen atoms in total. The van der Waals surface area contributed by atoms with Crippen molar-refractivity contribution in [3.05, 3.63) is 35.5 Å². The first-order valence-corrected chi connectivity index (χ1v) is 8.74. The molecule has 2 heterocycles. The van der Waals surface area contributed by atoms with Crippen LogP contribution in [0.3, 0.4) is 0 Å². The van der Waals surface area contributed by atoms with Gasteiger partial charge < -0.3 is 10.3 Å². The fourth-order valence-corrected chi connectivity index (χ4v) is 3.69. The van der Waals surface area contributed by atoms with E-state index in [0.717, 1.165) is 6.54 Å². The van der Waals surface area contributed by atoms with Crippen LogP contribution in [0, 0.1) is 0 Å². The van der Waals surface area contributed by atoms with Gasteiger partial charge in [0.1, 0.15) is 0 Å². The molecule has 1 aromatic heterocycles. The normalized spacial score (nSPS) is 17.3. The minimum Gasteiger partial charge on any atom is -0.344 e. The second kappa shape index (κ2) is 6.84. The third-order valence-corrected chi connectivity index (χ3v) is 4.89. The molecule has 2 aromatic rings. The summed E-state index contributed by atoms with van der Waals surface area (Å²) < 4.78 is 2.41. The Morgan fingerprint density at radius 1 is 1.05 bits per heavy atom. The smallest absolute Gasteiger partial charge is 0.0531 e. The SMILES string of the molecule is CC(C)n1cc(CN2CCCCCC2)c2cccc(CN)c21. The van der Waals surface area contributed by atoms with Gasteiger partial charge in [0, 0.05) is 30.7 Å². The van der Waals surface area contributed by atoms with Gasteiger partial charge in [0.15, 0.2) is 0 Å². The molecule has 1 fully saturated rings. The highest BCUT2D eigenvalue weighted by Crippen LogP contribution is 2.29. The Labute approximate surface area is 134 Å². The Bertz CT molecular complexity index is 619. The summed E-state index contributed by atoms with van der Waals surface area (Å²) in [7, 11) is 0. The molecule has 2 N–H and O–H groups in total. The number of likely N-dealkylation sites (tertiary alicyclic amines) is 1. The summed E-state index contributed by atoms with van der Waals surface area (Å²) in [6.07, 6.45) is 7.83. The third kappa shape index (κ3) is 3.06. The molecule has 0 amide bonds. The number of hydrogen-bond donors (Lipinski definition) is 1. The standard InChI is InChI=1S/C19H29N3/c1-15(2)22-14-17(13-21-10-5-3-4-6-11-21)18-9-7-8-16(12-20)19(18)22/h7-9,14-15H,3-6,10-13,20H2,1-2H3. The van der Waals surface area contributed by atoms with Crippen LogP contribution < -0.4 is 5.73 Å². The van der Waals surface area contributed by atoms with Crippen LogP contribution in [0.2, 0.25) is 0 Å². The molecule has 3 rings (SSSR count). The van der Waals surface area contributed by atoms with Crippen molar-refractivity contribution in [3.8, 4) is 0 Å². The van der Waals surface area contributed by atoms with E-state index in [4.69, 9.17) is 5.73 Å². The molecule has 0 atom stereocenters. The molecule has 3 heteroatoms. The Morgan fingerprint density at radius 2 is 1.77 bits per heavy atom. The number of nitrogens with zero attached hydrogens (tertiary/aromatic N) is 2. The van der Waals surface area contributed by atoms with Gasteiger partial charge in [0.05, 0.1) is 5.52 Å². The van der Waals surface area contributed by atoms with Crippen LogP contribution in [0.1, 0.15) is 56.7 Å². The second-order valence-electron chi connectivity index (χ2n) is 6.86. The predicted molar refractivity (Wildman–Crippen MR) is 94.0 cm³/mol. The molecule has 0 unspecified atom stereocenters. The molecule has 0 bridgehead atoms. The molecular formula is C19H29N3. The zero-order chi connectivity index (χ0) is 15.5. The van der Waals surface area contributed by atoms with Gasteiger partial charge in [-0.25, -0.2) is 0 Å². The van der Waals surface area contributed by atoms with Crippen molar-refractivity contribution < 1.29 is 0 Å². The van der Waals surface area contributed by atoms with Crippen LogP contribution in [0.4, 0.5) is 0 Å². The van der Waals surface area contributed by atoms with Crippen LogP contribution in [-0.4, -0.2) is 22.6 Å². The van der Waals surface area contributed by atoms with Gasteiger partial charge in [-0.2, -0.15) is 0 Å². The summed E-state index contributed by atoms with van der Waals surface area (Å²) in [4.78, 5) is 2.63. The zero-order valence-corrected chi connectivity index (χ0v) is 14.0. The maximum absolute atomic E-state index is 5.98. The molecule has 0 saturated carbocycles. The van der Waals surface area contributed by atoms with Gasteiger partial charge in [-0.15, -0.1) is 0 Å². The van der Waals surface area contributed by atoms with E-state index < -0.39 is 0 Å². The van der Waals surface area contributed by atoms with E-state index in [1.54, 1.807) is 0 Å².